The van der Waals surface area contributed by atoms with Crippen LogP contribution in [0.25, 0.3) is 17.0 Å². The van der Waals surface area contributed by atoms with Crippen molar-refractivity contribution in [1.82, 2.24) is 4.90 Å². The molecular weight excluding hydrogens is 290 g/mol. The van der Waals surface area contributed by atoms with E-state index in [-0.39, 0.29) is 5.91 Å². The average Bonchev–Trinajstić information content (AvgIpc) is 2.95. The van der Waals surface area contributed by atoms with Gasteiger partial charge in [-0.15, -0.1) is 0 Å². The molecule has 5 heteroatoms. The van der Waals surface area contributed by atoms with Crippen LogP contribution in [0.15, 0.2) is 39.7 Å². The molecule has 3 nitrogen and oxygen atoms in total. The molecule has 1 aliphatic rings. The van der Waals surface area contributed by atoms with Crippen LogP contribution in [0.2, 0.25) is 0 Å². The number of para-hydroxylation sites is 1. The van der Waals surface area contributed by atoms with Crippen molar-refractivity contribution in [1.29, 1.82) is 0 Å². The summed E-state index contributed by atoms with van der Waals surface area (Å²) in [5.41, 5.74) is 0.822. The maximum Gasteiger partial charge on any atom is 0.266 e. The molecule has 0 bridgehead atoms. The summed E-state index contributed by atoms with van der Waals surface area (Å²) in [5, 5.41) is 1.03. The number of thiocarbonyl (C=S) groups is 1. The number of furan rings is 1. The molecule has 0 N–H and O–H groups in total. The van der Waals surface area contributed by atoms with Gasteiger partial charge in [-0.3, -0.25) is 9.69 Å². The maximum atomic E-state index is 12.2. The topological polar surface area (TPSA) is 33.5 Å². The third kappa shape index (κ3) is 2.39. The molecule has 3 rings (SSSR count). The predicted molar refractivity (Wildman–Crippen MR) is 86.4 cm³/mol. The molecule has 0 atom stereocenters. The van der Waals surface area contributed by atoms with Crippen LogP contribution in [0.3, 0.4) is 0 Å². The Labute approximate surface area is 126 Å². The highest BCUT2D eigenvalue weighted by Gasteiger charge is 2.31. The molecule has 2 aromatic rings. The van der Waals surface area contributed by atoms with Gasteiger partial charge in [-0.1, -0.05) is 49.1 Å². The van der Waals surface area contributed by atoms with Crippen LogP contribution in [0.5, 0.6) is 0 Å². The fourth-order valence-electron chi connectivity index (χ4n) is 2.12. The Balaban J connectivity index is 1.92. The number of fused-ring (bicyclic) bond motifs is 1. The zero-order valence-corrected chi connectivity index (χ0v) is 12.6. The maximum absolute atomic E-state index is 12.2. The minimum absolute atomic E-state index is 0.0256. The fraction of sp³-hybridized carbons (Fsp3) is 0.200. The van der Waals surface area contributed by atoms with Gasteiger partial charge >= 0.3 is 0 Å². The van der Waals surface area contributed by atoms with Gasteiger partial charge in [0.1, 0.15) is 15.7 Å². The zero-order valence-electron chi connectivity index (χ0n) is 11.0. The van der Waals surface area contributed by atoms with Gasteiger partial charge in [0.05, 0.1) is 4.91 Å². The average molecular weight is 303 g/mol. The minimum Gasteiger partial charge on any atom is -0.457 e. The molecule has 0 unspecified atom stereocenters. The van der Waals surface area contributed by atoms with E-state index >= 15 is 0 Å². The number of hydrogen-bond acceptors (Lipinski definition) is 4. The Morgan fingerprint density at radius 3 is 2.95 bits per heavy atom. The van der Waals surface area contributed by atoms with E-state index < -0.39 is 0 Å². The number of nitrogens with zero attached hydrogens (tertiary/aromatic N) is 1. The number of carbonyl (C=O) groups excluding carboxylic acids is 1. The van der Waals surface area contributed by atoms with Gasteiger partial charge < -0.3 is 4.42 Å². The summed E-state index contributed by atoms with van der Waals surface area (Å²) in [4.78, 5) is 14.5. The number of amides is 1. The molecule has 20 heavy (non-hydrogen) atoms. The van der Waals surface area contributed by atoms with E-state index in [0.717, 1.165) is 17.4 Å². The van der Waals surface area contributed by atoms with Crippen molar-refractivity contribution in [3.05, 3.63) is 41.0 Å². The summed E-state index contributed by atoms with van der Waals surface area (Å²) < 4.78 is 6.33. The van der Waals surface area contributed by atoms with Crippen LogP contribution >= 0.6 is 24.0 Å². The van der Waals surface area contributed by atoms with E-state index in [1.54, 1.807) is 11.0 Å². The van der Waals surface area contributed by atoms with Crippen molar-refractivity contribution in [2.45, 2.75) is 13.3 Å². The molecule has 0 saturated carbocycles. The van der Waals surface area contributed by atoms with Crippen LogP contribution in [-0.2, 0) is 4.79 Å². The Bertz CT molecular complexity index is 684. The van der Waals surface area contributed by atoms with E-state index in [0.29, 0.717) is 21.5 Å². The van der Waals surface area contributed by atoms with Crippen molar-refractivity contribution in [2.24, 2.45) is 0 Å². The third-order valence-electron chi connectivity index (χ3n) is 3.04. The lowest BCUT2D eigenvalue weighted by Crippen LogP contribution is -2.28. The van der Waals surface area contributed by atoms with Crippen LogP contribution in [0.4, 0.5) is 0 Å². The number of thioether (sulfide) groups is 1. The van der Waals surface area contributed by atoms with Crippen molar-refractivity contribution in [2.75, 3.05) is 6.54 Å². The zero-order chi connectivity index (χ0) is 14.1. The van der Waals surface area contributed by atoms with E-state index in [1.165, 1.54) is 11.8 Å². The molecule has 1 aliphatic heterocycles. The monoisotopic (exact) mass is 303 g/mol. The SMILES string of the molecule is CCCN1C(=O)C(=Cc2cc3ccccc3o2)SC1=S. The quantitative estimate of drug-likeness (QED) is 0.633. The minimum atomic E-state index is -0.0256. The van der Waals surface area contributed by atoms with Crippen molar-refractivity contribution >= 4 is 51.3 Å². The van der Waals surface area contributed by atoms with Crippen molar-refractivity contribution in [3.63, 3.8) is 0 Å². The number of rotatable bonds is 3. The van der Waals surface area contributed by atoms with E-state index in [2.05, 4.69) is 0 Å². The highest BCUT2D eigenvalue weighted by molar-refractivity contribution is 8.26. The molecule has 1 aromatic heterocycles. The van der Waals surface area contributed by atoms with Gasteiger partial charge in [-0.25, -0.2) is 0 Å². The number of benzene rings is 1. The Morgan fingerprint density at radius 2 is 2.20 bits per heavy atom. The van der Waals surface area contributed by atoms with Crippen molar-refractivity contribution < 1.29 is 9.21 Å². The standard InChI is InChI=1S/C15H13NO2S2/c1-2-7-16-14(17)13(20-15(16)19)9-11-8-10-5-3-4-6-12(10)18-11/h3-6,8-9H,2,7H2,1H3. The molecule has 1 amide bonds. The molecule has 1 fully saturated rings. The van der Waals surface area contributed by atoms with Gasteiger partial charge in [0.2, 0.25) is 0 Å². The summed E-state index contributed by atoms with van der Waals surface area (Å²) in [7, 11) is 0. The van der Waals surface area contributed by atoms with Crippen LogP contribution < -0.4 is 0 Å². The lowest BCUT2D eigenvalue weighted by atomic mass is 10.2. The van der Waals surface area contributed by atoms with Crippen LogP contribution in [0.1, 0.15) is 19.1 Å². The van der Waals surface area contributed by atoms with Gasteiger partial charge in [0.25, 0.3) is 5.91 Å². The van der Waals surface area contributed by atoms with Gasteiger partial charge in [0, 0.05) is 18.0 Å². The van der Waals surface area contributed by atoms with Crippen LogP contribution in [-0.4, -0.2) is 21.7 Å². The molecule has 0 radical (unpaired) electrons. The van der Waals surface area contributed by atoms with Crippen LogP contribution in [0, 0.1) is 0 Å². The first-order chi connectivity index (χ1) is 9.69. The molecule has 0 spiro atoms. The Hall–Kier alpha value is -1.59. The fourth-order valence-corrected chi connectivity index (χ4v) is 3.41. The van der Waals surface area contributed by atoms with Crippen molar-refractivity contribution in [3.8, 4) is 0 Å². The summed E-state index contributed by atoms with van der Waals surface area (Å²) in [6.45, 7) is 2.70. The highest BCUT2D eigenvalue weighted by atomic mass is 32.2. The number of hydrogen-bond donors (Lipinski definition) is 0. The number of carbonyl (C=O) groups is 1. The van der Waals surface area contributed by atoms with E-state index in [1.807, 2.05) is 37.3 Å². The second-order valence-electron chi connectivity index (χ2n) is 4.52. The highest BCUT2D eigenvalue weighted by Crippen LogP contribution is 2.33. The first-order valence-electron chi connectivity index (χ1n) is 6.43. The lowest BCUT2D eigenvalue weighted by Gasteiger charge is -2.11. The van der Waals surface area contributed by atoms with Gasteiger partial charge in [-0.2, -0.15) is 0 Å². The molecule has 0 aliphatic carbocycles. The predicted octanol–water partition coefficient (Wildman–Crippen LogP) is 4.04. The largest absolute Gasteiger partial charge is 0.457 e. The Morgan fingerprint density at radius 1 is 1.40 bits per heavy atom. The van der Waals surface area contributed by atoms with Gasteiger partial charge in [0.15, 0.2) is 0 Å². The molecule has 2 heterocycles. The third-order valence-corrected chi connectivity index (χ3v) is 4.42. The first kappa shape index (κ1) is 13.4. The summed E-state index contributed by atoms with van der Waals surface area (Å²) in [5.74, 6) is 0.658. The summed E-state index contributed by atoms with van der Waals surface area (Å²) >= 11 is 6.57. The first-order valence-corrected chi connectivity index (χ1v) is 7.65. The normalized spacial score (nSPS) is 17.6. The van der Waals surface area contributed by atoms with E-state index in [4.69, 9.17) is 16.6 Å². The molecule has 1 aromatic carbocycles. The second kappa shape index (κ2) is 5.42. The lowest BCUT2D eigenvalue weighted by molar-refractivity contribution is -0.122. The van der Waals surface area contributed by atoms with E-state index in [9.17, 15) is 4.79 Å². The molecule has 1 saturated heterocycles. The molecule has 102 valence electrons. The van der Waals surface area contributed by atoms with Gasteiger partial charge in [-0.05, 0) is 18.6 Å². The Kier molecular flexibility index (Phi) is 3.63. The molecular formula is C15H13NO2S2. The second-order valence-corrected chi connectivity index (χ2v) is 6.20. The summed E-state index contributed by atoms with van der Waals surface area (Å²) in [6.07, 6.45) is 2.67. The smallest absolute Gasteiger partial charge is 0.266 e. The summed E-state index contributed by atoms with van der Waals surface area (Å²) in [6, 6.07) is 9.72.